The van der Waals surface area contributed by atoms with Crippen molar-refractivity contribution in [3.63, 3.8) is 0 Å². The zero-order chi connectivity index (χ0) is 21.6. The van der Waals surface area contributed by atoms with Crippen molar-refractivity contribution in [3.8, 4) is 11.3 Å². The summed E-state index contributed by atoms with van der Waals surface area (Å²) < 4.78 is 1.52. The highest BCUT2D eigenvalue weighted by atomic mass is 16.2. The van der Waals surface area contributed by atoms with Crippen LogP contribution in [0.15, 0.2) is 65.7 Å². The molecule has 1 aliphatic heterocycles. The van der Waals surface area contributed by atoms with E-state index in [4.69, 9.17) is 0 Å². The van der Waals surface area contributed by atoms with Crippen molar-refractivity contribution >= 4 is 11.9 Å². The molecule has 0 aliphatic carbocycles. The van der Waals surface area contributed by atoms with E-state index >= 15 is 0 Å². The van der Waals surface area contributed by atoms with Crippen LogP contribution in [-0.4, -0.2) is 44.5 Å². The molecule has 1 atom stereocenters. The van der Waals surface area contributed by atoms with E-state index < -0.39 is 0 Å². The van der Waals surface area contributed by atoms with Crippen LogP contribution in [0, 0.1) is 0 Å². The Bertz CT molecular complexity index is 1080. The predicted molar refractivity (Wildman–Crippen MR) is 121 cm³/mol. The number of carbonyl (C=O) groups is 1. The molecule has 4 rings (SSSR count). The maximum Gasteiger partial charge on any atom is 0.255 e. The molecule has 0 spiro atoms. The van der Waals surface area contributed by atoms with Gasteiger partial charge in [0.15, 0.2) is 0 Å². The standard InChI is InChI=1S/C24H27N5O2/c1-28-22(30)16-21(19-10-12-25-13-11-19)27-24(28)26-20-9-5-6-14-29(17-20)23(31)15-18-7-3-2-4-8-18/h2-4,7-8,10-13,16,20H,5-6,9,14-15,17H2,1H3,(H,26,27)/t20-/m1/s1. The number of hydrogen-bond acceptors (Lipinski definition) is 5. The van der Waals surface area contributed by atoms with Crippen molar-refractivity contribution in [2.75, 3.05) is 18.4 Å². The number of amides is 1. The topological polar surface area (TPSA) is 80.1 Å². The van der Waals surface area contributed by atoms with Gasteiger partial charge < -0.3 is 10.2 Å². The first kappa shape index (κ1) is 20.8. The predicted octanol–water partition coefficient (Wildman–Crippen LogP) is 2.88. The van der Waals surface area contributed by atoms with Crippen molar-refractivity contribution < 1.29 is 4.79 Å². The number of likely N-dealkylation sites (tertiary alicyclic amines) is 1. The van der Waals surface area contributed by atoms with E-state index in [0.717, 1.165) is 36.9 Å². The lowest BCUT2D eigenvalue weighted by Crippen LogP contribution is -2.41. The Hall–Kier alpha value is -3.48. The minimum atomic E-state index is -0.130. The summed E-state index contributed by atoms with van der Waals surface area (Å²) in [5.41, 5.74) is 2.35. The fraction of sp³-hybridized carbons (Fsp3) is 0.333. The fourth-order valence-electron chi connectivity index (χ4n) is 3.89. The Kier molecular flexibility index (Phi) is 6.40. The Morgan fingerprint density at radius 3 is 2.68 bits per heavy atom. The summed E-state index contributed by atoms with van der Waals surface area (Å²) in [5, 5.41) is 3.43. The number of pyridine rings is 1. The van der Waals surface area contributed by atoms with Gasteiger partial charge in [-0.05, 0) is 37.0 Å². The number of nitrogens with one attached hydrogen (secondary N) is 1. The van der Waals surface area contributed by atoms with Crippen molar-refractivity contribution in [1.29, 1.82) is 0 Å². The van der Waals surface area contributed by atoms with Crippen molar-refractivity contribution in [2.24, 2.45) is 7.05 Å². The van der Waals surface area contributed by atoms with Gasteiger partial charge in [-0.2, -0.15) is 0 Å². The van der Waals surface area contributed by atoms with Crippen LogP contribution in [0.5, 0.6) is 0 Å². The lowest BCUT2D eigenvalue weighted by atomic mass is 10.1. The third kappa shape index (κ3) is 5.17. The summed E-state index contributed by atoms with van der Waals surface area (Å²) in [4.78, 5) is 36.1. The van der Waals surface area contributed by atoms with E-state index in [2.05, 4.69) is 15.3 Å². The highest BCUT2D eigenvalue weighted by molar-refractivity contribution is 5.78. The second kappa shape index (κ2) is 9.55. The van der Waals surface area contributed by atoms with E-state index in [0.29, 0.717) is 24.6 Å². The molecule has 1 amide bonds. The van der Waals surface area contributed by atoms with Gasteiger partial charge in [-0.3, -0.25) is 19.1 Å². The lowest BCUT2D eigenvalue weighted by molar-refractivity contribution is -0.130. The third-order valence-corrected chi connectivity index (χ3v) is 5.67. The van der Waals surface area contributed by atoms with Gasteiger partial charge in [-0.15, -0.1) is 0 Å². The number of carbonyl (C=O) groups excluding carboxylic acids is 1. The van der Waals surface area contributed by atoms with Crippen LogP contribution in [-0.2, 0) is 18.3 Å². The maximum atomic E-state index is 12.9. The van der Waals surface area contributed by atoms with Gasteiger partial charge in [0.2, 0.25) is 11.9 Å². The molecule has 31 heavy (non-hydrogen) atoms. The van der Waals surface area contributed by atoms with Crippen LogP contribution in [0.3, 0.4) is 0 Å². The van der Waals surface area contributed by atoms with Crippen molar-refractivity contribution in [2.45, 2.75) is 31.7 Å². The van der Waals surface area contributed by atoms with Crippen LogP contribution in [0.4, 0.5) is 5.95 Å². The first-order valence-corrected chi connectivity index (χ1v) is 10.7. The quantitative estimate of drug-likeness (QED) is 0.691. The van der Waals surface area contributed by atoms with E-state index in [-0.39, 0.29) is 17.5 Å². The molecular weight excluding hydrogens is 390 g/mol. The smallest absolute Gasteiger partial charge is 0.255 e. The molecule has 0 saturated carbocycles. The molecule has 1 aliphatic rings. The van der Waals surface area contributed by atoms with Crippen LogP contribution < -0.4 is 10.9 Å². The number of hydrogen-bond donors (Lipinski definition) is 1. The van der Waals surface area contributed by atoms with Gasteiger partial charge in [-0.1, -0.05) is 30.3 Å². The number of rotatable bonds is 5. The van der Waals surface area contributed by atoms with Gasteiger partial charge in [0, 0.05) is 50.2 Å². The third-order valence-electron chi connectivity index (χ3n) is 5.67. The van der Waals surface area contributed by atoms with E-state index in [9.17, 15) is 9.59 Å². The van der Waals surface area contributed by atoms with Gasteiger partial charge in [0.25, 0.3) is 5.56 Å². The van der Waals surface area contributed by atoms with Crippen LogP contribution in [0.2, 0.25) is 0 Å². The van der Waals surface area contributed by atoms with Crippen LogP contribution in [0.25, 0.3) is 11.3 Å². The van der Waals surface area contributed by atoms with Crippen LogP contribution in [0.1, 0.15) is 24.8 Å². The molecular formula is C24H27N5O2. The second-order valence-electron chi connectivity index (χ2n) is 7.94. The number of benzene rings is 1. The van der Waals surface area contributed by atoms with E-state index in [1.807, 2.05) is 47.4 Å². The summed E-state index contributed by atoms with van der Waals surface area (Å²) in [5.74, 6) is 0.647. The minimum Gasteiger partial charge on any atom is -0.351 e. The van der Waals surface area contributed by atoms with Gasteiger partial charge in [0.1, 0.15) is 0 Å². The first-order valence-electron chi connectivity index (χ1n) is 10.7. The average Bonchev–Trinajstić information content (AvgIpc) is 3.04. The molecule has 7 heteroatoms. The normalized spacial score (nSPS) is 16.5. The highest BCUT2D eigenvalue weighted by Crippen LogP contribution is 2.19. The molecule has 3 heterocycles. The summed E-state index contributed by atoms with van der Waals surface area (Å²) in [6, 6.07) is 15.1. The van der Waals surface area contributed by atoms with Gasteiger partial charge in [-0.25, -0.2) is 4.98 Å². The van der Waals surface area contributed by atoms with Gasteiger partial charge in [0.05, 0.1) is 12.1 Å². The molecule has 0 radical (unpaired) electrons. The monoisotopic (exact) mass is 417 g/mol. The lowest BCUT2D eigenvalue weighted by Gasteiger charge is -2.26. The van der Waals surface area contributed by atoms with Crippen molar-refractivity contribution in [3.05, 3.63) is 76.8 Å². The second-order valence-corrected chi connectivity index (χ2v) is 7.94. The molecule has 1 N–H and O–H groups in total. The summed E-state index contributed by atoms with van der Waals surface area (Å²) in [7, 11) is 1.71. The fourth-order valence-corrected chi connectivity index (χ4v) is 3.89. The number of anilines is 1. The average molecular weight is 418 g/mol. The molecule has 7 nitrogen and oxygen atoms in total. The number of nitrogens with zero attached hydrogens (tertiary/aromatic N) is 4. The minimum absolute atomic E-state index is 0.0352. The molecule has 1 saturated heterocycles. The summed E-state index contributed by atoms with van der Waals surface area (Å²) in [6.45, 7) is 1.36. The zero-order valence-corrected chi connectivity index (χ0v) is 17.7. The summed E-state index contributed by atoms with van der Waals surface area (Å²) in [6.07, 6.45) is 6.69. The zero-order valence-electron chi connectivity index (χ0n) is 17.7. The molecule has 1 fully saturated rings. The van der Waals surface area contributed by atoms with Crippen molar-refractivity contribution in [1.82, 2.24) is 19.4 Å². The molecule has 1 aromatic carbocycles. The number of aromatic nitrogens is 3. The van der Waals surface area contributed by atoms with E-state index in [1.54, 1.807) is 19.4 Å². The Morgan fingerprint density at radius 2 is 1.90 bits per heavy atom. The molecule has 0 bridgehead atoms. The molecule has 3 aromatic rings. The Labute approximate surface area is 181 Å². The first-order chi connectivity index (χ1) is 15.1. The van der Waals surface area contributed by atoms with Gasteiger partial charge >= 0.3 is 0 Å². The highest BCUT2D eigenvalue weighted by Gasteiger charge is 2.23. The Balaban J connectivity index is 1.51. The summed E-state index contributed by atoms with van der Waals surface area (Å²) >= 11 is 0. The largest absolute Gasteiger partial charge is 0.351 e. The Morgan fingerprint density at radius 1 is 1.13 bits per heavy atom. The van der Waals surface area contributed by atoms with E-state index in [1.165, 1.54) is 10.6 Å². The molecule has 2 aromatic heterocycles. The maximum absolute atomic E-state index is 12.9. The van der Waals surface area contributed by atoms with Crippen LogP contribution >= 0.6 is 0 Å². The SMILES string of the molecule is Cn1c(N[C@@H]2CCCCN(C(=O)Cc3ccccc3)C2)nc(-c2ccncc2)cc1=O. The molecule has 0 unspecified atom stereocenters. The molecule has 160 valence electrons.